The molecule has 4 rings (SSSR count). The summed E-state index contributed by atoms with van der Waals surface area (Å²) >= 11 is 2.23. The van der Waals surface area contributed by atoms with Crippen molar-refractivity contribution >= 4 is 34.2 Å². The third kappa shape index (κ3) is 3.51. The molecule has 0 bridgehead atoms. The quantitative estimate of drug-likeness (QED) is 0.539. The van der Waals surface area contributed by atoms with Crippen LogP contribution in [0, 0.1) is 3.57 Å². The predicted octanol–water partition coefficient (Wildman–Crippen LogP) is 3.94. The number of nitrogens with one attached hydrogen (secondary N) is 1. The molecule has 1 aromatic heterocycles. The van der Waals surface area contributed by atoms with Gasteiger partial charge in [0.25, 0.3) is 0 Å². The molecular formula is C18H14F2IN5O2. The Morgan fingerprint density at radius 3 is 2.68 bits per heavy atom. The molecule has 3 aromatic rings. The van der Waals surface area contributed by atoms with E-state index in [1.54, 1.807) is 18.2 Å². The lowest BCUT2D eigenvalue weighted by Crippen LogP contribution is -2.21. The minimum atomic E-state index is -3.00. The monoisotopic (exact) mass is 497 g/mol. The van der Waals surface area contributed by atoms with Crippen molar-refractivity contribution in [1.29, 1.82) is 0 Å². The lowest BCUT2D eigenvalue weighted by Gasteiger charge is -2.25. The Bertz CT molecular complexity index is 1020. The Balaban J connectivity index is 1.85. The van der Waals surface area contributed by atoms with Crippen molar-refractivity contribution in [2.24, 2.45) is 0 Å². The number of para-hydroxylation sites is 1. The fourth-order valence-corrected chi connectivity index (χ4v) is 3.37. The van der Waals surface area contributed by atoms with Crippen LogP contribution < -0.4 is 14.8 Å². The Labute approximate surface area is 172 Å². The Kier molecular flexibility index (Phi) is 5.11. The molecule has 1 aliphatic heterocycles. The van der Waals surface area contributed by atoms with Crippen molar-refractivity contribution in [3.05, 3.63) is 63.2 Å². The number of hydrogen-bond donors (Lipinski definition) is 1. The van der Waals surface area contributed by atoms with E-state index in [1.807, 2.05) is 30.3 Å². The molecular weight excluding hydrogens is 483 g/mol. The van der Waals surface area contributed by atoms with E-state index in [4.69, 9.17) is 9.47 Å². The molecule has 2 heterocycles. The molecule has 7 nitrogen and oxygen atoms in total. The average molecular weight is 497 g/mol. The third-order valence-corrected chi connectivity index (χ3v) is 4.96. The van der Waals surface area contributed by atoms with Gasteiger partial charge in [-0.15, -0.1) is 0 Å². The zero-order chi connectivity index (χ0) is 19.7. The van der Waals surface area contributed by atoms with Gasteiger partial charge in [0.15, 0.2) is 11.5 Å². The van der Waals surface area contributed by atoms with Crippen LogP contribution in [0.5, 0.6) is 11.5 Å². The Morgan fingerprint density at radius 1 is 1.18 bits per heavy atom. The van der Waals surface area contributed by atoms with Gasteiger partial charge in [-0.05, 0) is 62.9 Å². The smallest absolute Gasteiger partial charge is 0.387 e. The summed E-state index contributed by atoms with van der Waals surface area (Å²) in [7, 11) is 1.40. The standard InChI is InChI=1S/C18H14F2IN5O2/c1-27-15-4-2-3-12(16(15)28-17(19)20)14-9-13(10-5-7-11(21)8-6-10)22-18-23-24-25-26(14)18/h2-9,14,17H,1H3,(H,22,23,25)/t14-/m1/s1. The van der Waals surface area contributed by atoms with Crippen LogP contribution in [0.25, 0.3) is 5.70 Å². The third-order valence-electron chi connectivity index (χ3n) is 4.24. The van der Waals surface area contributed by atoms with Crippen molar-refractivity contribution in [2.75, 3.05) is 12.4 Å². The number of fused-ring (bicyclic) bond motifs is 1. The van der Waals surface area contributed by atoms with Gasteiger partial charge < -0.3 is 14.8 Å². The average Bonchev–Trinajstić information content (AvgIpc) is 3.16. The molecule has 0 unspecified atom stereocenters. The van der Waals surface area contributed by atoms with Gasteiger partial charge in [-0.1, -0.05) is 29.4 Å². The molecule has 0 saturated carbocycles. The number of nitrogens with zero attached hydrogens (tertiary/aromatic N) is 4. The van der Waals surface area contributed by atoms with Crippen LogP contribution >= 0.6 is 22.6 Å². The molecule has 0 amide bonds. The van der Waals surface area contributed by atoms with Gasteiger partial charge in [0, 0.05) is 14.8 Å². The maximum absolute atomic E-state index is 13.0. The number of methoxy groups -OCH3 is 1. The number of aromatic nitrogens is 4. The highest BCUT2D eigenvalue weighted by Crippen LogP contribution is 2.41. The molecule has 0 fully saturated rings. The molecule has 2 aromatic carbocycles. The van der Waals surface area contributed by atoms with Crippen molar-refractivity contribution in [1.82, 2.24) is 20.2 Å². The van der Waals surface area contributed by atoms with Gasteiger partial charge in [0.05, 0.1) is 7.11 Å². The lowest BCUT2D eigenvalue weighted by atomic mass is 10.0. The number of ether oxygens (including phenoxy) is 2. The molecule has 10 heteroatoms. The Morgan fingerprint density at radius 2 is 1.96 bits per heavy atom. The molecule has 1 N–H and O–H groups in total. The number of rotatable bonds is 5. The molecule has 1 aliphatic rings. The van der Waals surface area contributed by atoms with Crippen LogP contribution in [0.4, 0.5) is 14.7 Å². The number of anilines is 1. The molecule has 0 saturated heterocycles. The fourth-order valence-electron chi connectivity index (χ4n) is 3.01. The van der Waals surface area contributed by atoms with Gasteiger partial charge in [-0.2, -0.15) is 13.5 Å². The van der Waals surface area contributed by atoms with E-state index in [0.29, 0.717) is 11.5 Å². The molecule has 144 valence electrons. The van der Waals surface area contributed by atoms with Crippen LogP contribution in [0.15, 0.2) is 48.5 Å². The molecule has 0 spiro atoms. The fraction of sp³-hybridized carbons (Fsp3) is 0.167. The van der Waals surface area contributed by atoms with E-state index >= 15 is 0 Å². The summed E-state index contributed by atoms with van der Waals surface area (Å²) in [5.41, 5.74) is 2.13. The second-order valence-electron chi connectivity index (χ2n) is 5.86. The number of alkyl halides is 2. The van der Waals surface area contributed by atoms with Gasteiger partial charge in [0.2, 0.25) is 5.95 Å². The highest BCUT2D eigenvalue weighted by Gasteiger charge is 2.29. The van der Waals surface area contributed by atoms with Crippen LogP contribution in [-0.4, -0.2) is 33.9 Å². The Hall–Kier alpha value is -2.76. The summed E-state index contributed by atoms with van der Waals surface area (Å²) in [6.07, 6.45) is 1.86. The van der Waals surface area contributed by atoms with Gasteiger partial charge >= 0.3 is 6.61 Å². The highest BCUT2D eigenvalue weighted by molar-refractivity contribution is 14.1. The highest BCUT2D eigenvalue weighted by atomic mass is 127. The normalized spacial score (nSPS) is 15.6. The van der Waals surface area contributed by atoms with Crippen molar-refractivity contribution in [3.63, 3.8) is 0 Å². The van der Waals surface area contributed by atoms with Crippen molar-refractivity contribution in [2.45, 2.75) is 12.7 Å². The van der Waals surface area contributed by atoms with E-state index < -0.39 is 12.7 Å². The van der Waals surface area contributed by atoms with Crippen molar-refractivity contribution in [3.8, 4) is 11.5 Å². The summed E-state index contributed by atoms with van der Waals surface area (Å²) in [6, 6.07) is 12.2. The largest absolute Gasteiger partial charge is 0.493 e. The first-order valence-corrected chi connectivity index (χ1v) is 9.29. The van der Waals surface area contributed by atoms with E-state index in [0.717, 1.165) is 14.8 Å². The van der Waals surface area contributed by atoms with E-state index in [9.17, 15) is 8.78 Å². The zero-order valence-corrected chi connectivity index (χ0v) is 16.7. The van der Waals surface area contributed by atoms with E-state index in [1.165, 1.54) is 11.8 Å². The minimum Gasteiger partial charge on any atom is -0.493 e. The van der Waals surface area contributed by atoms with E-state index in [-0.39, 0.29) is 11.5 Å². The first-order chi connectivity index (χ1) is 13.6. The lowest BCUT2D eigenvalue weighted by molar-refractivity contribution is -0.0520. The summed E-state index contributed by atoms with van der Waals surface area (Å²) in [5, 5.41) is 14.9. The maximum Gasteiger partial charge on any atom is 0.387 e. The van der Waals surface area contributed by atoms with Crippen LogP contribution in [-0.2, 0) is 0 Å². The van der Waals surface area contributed by atoms with Crippen molar-refractivity contribution < 1.29 is 18.3 Å². The number of halogens is 3. The summed E-state index contributed by atoms with van der Waals surface area (Å²) in [4.78, 5) is 0. The van der Waals surface area contributed by atoms with Crippen LogP contribution in [0.2, 0.25) is 0 Å². The number of tetrazole rings is 1. The number of hydrogen-bond acceptors (Lipinski definition) is 6. The number of allylic oxidation sites excluding steroid dienone is 1. The topological polar surface area (TPSA) is 74.1 Å². The molecule has 1 atom stereocenters. The van der Waals surface area contributed by atoms with Gasteiger partial charge in [-0.25, -0.2) is 0 Å². The maximum atomic E-state index is 13.0. The molecule has 28 heavy (non-hydrogen) atoms. The summed E-state index contributed by atoms with van der Waals surface area (Å²) in [6.45, 7) is -3.00. The number of benzene rings is 2. The summed E-state index contributed by atoms with van der Waals surface area (Å²) in [5.74, 6) is 0.550. The molecule has 0 aliphatic carbocycles. The van der Waals surface area contributed by atoms with E-state index in [2.05, 4.69) is 43.4 Å². The predicted molar refractivity (Wildman–Crippen MR) is 106 cm³/mol. The minimum absolute atomic E-state index is 0.0495. The SMILES string of the molecule is COc1cccc([C@H]2C=C(c3ccc(I)cc3)Nc3nnnn32)c1OC(F)F. The second-order valence-corrected chi connectivity index (χ2v) is 7.11. The van der Waals surface area contributed by atoms with Gasteiger partial charge in [0.1, 0.15) is 6.04 Å². The first-order valence-electron chi connectivity index (χ1n) is 8.21. The van der Waals surface area contributed by atoms with Crippen LogP contribution in [0.1, 0.15) is 17.2 Å². The first kappa shape index (κ1) is 18.6. The zero-order valence-electron chi connectivity index (χ0n) is 14.5. The van der Waals surface area contributed by atoms with Crippen LogP contribution in [0.3, 0.4) is 0 Å². The second kappa shape index (κ2) is 7.70. The summed E-state index contributed by atoms with van der Waals surface area (Å²) < 4.78 is 38.7. The molecule has 0 radical (unpaired) electrons. The van der Waals surface area contributed by atoms with Gasteiger partial charge in [-0.3, -0.25) is 0 Å².